The number of rotatable bonds is 4. The Morgan fingerprint density at radius 1 is 1.67 bits per heavy atom. The summed E-state index contributed by atoms with van der Waals surface area (Å²) in [5.41, 5.74) is 0. The monoisotopic (exact) mass is 213 g/mol. The van der Waals surface area contributed by atoms with Gasteiger partial charge in [0, 0.05) is 0 Å². The van der Waals surface area contributed by atoms with Crippen LogP contribution in [-0.2, 0) is 14.4 Å². The van der Waals surface area contributed by atoms with Crippen LogP contribution in [0.5, 0.6) is 0 Å². The van der Waals surface area contributed by atoms with Gasteiger partial charge in [-0.1, -0.05) is 5.16 Å². The van der Waals surface area contributed by atoms with E-state index in [9.17, 15) is 9.59 Å². The number of alkyl carbamates (subject to hydrolysis) is 1. The number of nitrogens with zero attached hydrogens (tertiary/aromatic N) is 2. The highest BCUT2D eigenvalue weighted by Crippen LogP contribution is 1.91. The molecule has 0 aromatic heterocycles. The van der Waals surface area contributed by atoms with Crippen molar-refractivity contribution in [2.24, 2.45) is 11.1 Å². The van der Waals surface area contributed by atoms with Crippen LogP contribution < -0.4 is 5.32 Å². The highest BCUT2D eigenvalue weighted by Gasteiger charge is 2.18. The van der Waals surface area contributed by atoms with Gasteiger partial charge in [-0.15, -0.1) is 0 Å². The molecule has 15 heavy (non-hydrogen) atoms. The van der Waals surface area contributed by atoms with Crippen LogP contribution >= 0.6 is 0 Å². The Balaban J connectivity index is 4.23. The number of amides is 2. The molecule has 0 saturated carbocycles. The van der Waals surface area contributed by atoms with Gasteiger partial charge in [0.25, 0.3) is 5.91 Å². The molecule has 0 saturated heterocycles. The van der Waals surface area contributed by atoms with Gasteiger partial charge in [-0.25, -0.2) is 4.79 Å². The molecule has 1 atom stereocenters. The first-order valence-electron chi connectivity index (χ1n) is 4.09. The smallest absolute Gasteiger partial charge is 0.413 e. The zero-order valence-corrected chi connectivity index (χ0v) is 8.39. The molecule has 0 aromatic carbocycles. The molecule has 0 aliphatic rings. The van der Waals surface area contributed by atoms with Crippen LogP contribution in [0.2, 0.25) is 0 Å². The molecule has 0 fully saturated rings. The van der Waals surface area contributed by atoms with E-state index < -0.39 is 17.9 Å². The fourth-order valence-corrected chi connectivity index (χ4v) is 0.627. The van der Waals surface area contributed by atoms with Gasteiger partial charge in [0.05, 0.1) is 18.9 Å². The predicted octanol–water partition coefficient (Wildman–Crippen LogP) is 0.0311. The van der Waals surface area contributed by atoms with Crippen molar-refractivity contribution in [2.45, 2.75) is 6.92 Å². The minimum Gasteiger partial charge on any atom is -0.450 e. The number of hydrogen-bond acceptors (Lipinski definition) is 6. The second-order valence-corrected chi connectivity index (χ2v) is 2.25. The van der Waals surface area contributed by atoms with Crippen molar-refractivity contribution in [3.8, 4) is 6.07 Å². The summed E-state index contributed by atoms with van der Waals surface area (Å²) in [4.78, 5) is 26.3. The van der Waals surface area contributed by atoms with Crippen LogP contribution in [0, 0.1) is 17.2 Å². The van der Waals surface area contributed by atoms with E-state index in [0.717, 1.165) is 6.21 Å². The number of oxime groups is 1. The van der Waals surface area contributed by atoms with Crippen molar-refractivity contribution in [1.29, 1.82) is 5.26 Å². The Morgan fingerprint density at radius 2 is 2.33 bits per heavy atom. The molecule has 0 bridgehead atoms. The summed E-state index contributed by atoms with van der Waals surface area (Å²) in [6.45, 7) is 1.74. The molecule has 0 heterocycles. The van der Waals surface area contributed by atoms with Crippen molar-refractivity contribution in [3.63, 3.8) is 0 Å². The van der Waals surface area contributed by atoms with E-state index in [-0.39, 0.29) is 6.61 Å². The summed E-state index contributed by atoms with van der Waals surface area (Å²) >= 11 is 0. The third kappa shape index (κ3) is 5.25. The summed E-state index contributed by atoms with van der Waals surface area (Å²) in [7, 11) is 1.27. The zero-order valence-electron chi connectivity index (χ0n) is 8.39. The first-order valence-corrected chi connectivity index (χ1v) is 4.09. The maximum absolute atomic E-state index is 11.2. The number of nitrogens with one attached hydrogen (secondary N) is 1. The summed E-state index contributed by atoms with van der Waals surface area (Å²) in [6, 6.07) is 1.63. The zero-order chi connectivity index (χ0) is 11.7. The third-order valence-corrected chi connectivity index (χ3v) is 1.24. The molecule has 1 N–H and O–H groups in total. The fraction of sp³-hybridized carbons (Fsp3) is 0.500. The van der Waals surface area contributed by atoms with Gasteiger partial charge in [0.15, 0.2) is 5.92 Å². The molecule has 0 aliphatic carbocycles. The van der Waals surface area contributed by atoms with Crippen LogP contribution in [0.3, 0.4) is 0 Å². The highest BCUT2D eigenvalue weighted by molar-refractivity contribution is 6.02. The molecular formula is C8H11N3O4. The maximum Gasteiger partial charge on any atom is 0.413 e. The van der Waals surface area contributed by atoms with Gasteiger partial charge in [0.1, 0.15) is 7.11 Å². The van der Waals surface area contributed by atoms with E-state index in [0.29, 0.717) is 0 Å². The molecular weight excluding hydrogens is 202 g/mol. The van der Waals surface area contributed by atoms with Gasteiger partial charge >= 0.3 is 6.09 Å². The molecule has 0 rings (SSSR count). The first-order chi connectivity index (χ1) is 7.15. The van der Waals surface area contributed by atoms with E-state index in [2.05, 4.69) is 14.7 Å². The van der Waals surface area contributed by atoms with Gasteiger partial charge in [-0.3, -0.25) is 10.1 Å². The molecule has 0 radical (unpaired) electrons. The third-order valence-electron chi connectivity index (χ3n) is 1.24. The van der Waals surface area contributed by atoms with Gasteiger partial charge in [-0.05, 0) is 6.92 Å². The Hall–Kier alpha value is -2.10. The number of carbonyl (C=O) groups excluding carboxylic acids is 2. The van der Waals surface area contributed by atoms with Gasteiger partial charge in [0.2, 0.25) is 0 Å². The Kier molecular flexibility index (Phi) is 6.29. The summed E-state index contributed by atoms with van der Waals surface area (Å²) in [6.07, 6.45) is 0.0859. The summed E-state index contributed by atoms with van der Waals surface area (Å²) < 4.78 is 4.46. The normalized spacial score (nSPS) is 11.5. The highest BCUT2D eigenvalue weighted by atomic mass is 16.6. The number of hydrogen-bond donors (Lipinski definition) is 1. The van der Waals surface area contributed by atoms with Crippen LogP contribution in [0.15, 0.2) is 5.16 Å². The SMILES string of the molecule is CCOC(=O)NC(=O)C(C#N)/C=N/OC. The summed E-state index contributed by atoms with van der Waals surface area (Å²) in [5.74, 6) is -1.99. The number of imide groups is 1. The second kappa shape index (κ2) is 7.32. The van der Waals surface area contributed by atoms with E-state index in [1.165, 1.54) is 7.11 Å². The van der Waals surface area contributed by atoms with E-state index >= 15 is 0 Å². The Bertz CT molecular complexity index is 295. The first kappa shape index (κ1) is 12.9. The molecule has 7 nitrogen and oxygen atoms in total. The molecule has 1 unspecified atom stereocenters. The predicted molar refractivity (Wildman–Crippen MR) is 49.8 cm³/mol. The van der Waals surface area contributed by atoms with Crippen molar-refractivity contribution in [1.82, 2.24) is 5.32 Å². The molecule has 2 amide bonds. The second-order valence-electron chi connectivity index (χ2n) is 2.25. The minimum atomic E-state index is -1.19. The maximum atomic E-state index is 11.2. The van der Waals surface area contributed by atoms with Crippen LogP contribution in [0.25, 0.3) is 0 Å². The standard InChI is InChI=1S/C8H11N3O4/c1-3-15-8(13)11-7(12)6(4-9)5-10-14-2/h5-6H,3H2,1-2H3,(H,11,12,13)/b10-5+. The lowest BCUT2D eigenvalue weighted by atomic mass is 10.2. The lowest BCUT2D eigenvalue weighted by molar-refractivity contribution is -0.121. The van der Waals surface area contributed by atoms with Crippen molar-refractivity contribution in [2.75, 3.05) is 13.7 Å². The lowest BCUT2D eigenvalue weighted by Gasteiger charge is -2.04. The average Bonchev–Trinajstić information content (AvgIpc) is 2.19. The number of carbonyl (C=O) groups is 2. The molecule has 82 valence electrons. The molecule has 0 aromatic rings. The van der Waals surface area contributed by atoms with Gasteiger partial charge < -0.3 is 9.57 Å². The van der Waals surface area contributed by atoms with E-state index in [1.807, 2.05) is 5.32 Å². The van der Waals surface area contributed by atoms with Crippen LogP contribution in [0.1, 0.15) is 6.92 Å². The Morgan fingerprint density at radius 3 is 2.80 bits per heavy atom. The number of ether oxygens (including phenoxy) is 1. The van der Waals surface area contributed by atoms with Crippen molar-refractivity contribution >= 4 is 18.2 Å². The quantitative estimate of drug-likeness (QED) is 0.524. The van der Waals surface area contributed by atoms with E-state index in [4.69, 9.17) is 5.26 Å². The largest absolute Gasteiger partial charge is 0.450 e. The number of nitriles is 1. The van der Waals surface area contributed by atoms with Crippen LogP contribution in [-0.4, -0.2) is 31.9 Å². The molecule has 7 heteroatoms. The molecule has 0 spiro atoms. The van der Waals surface area contributed by atoms with E-state index in [1.54, 1.807) is 13.0 Å². The lowest BCUT2D eigenvalue weighted by Crippen LogP contribution is -2.36. The Labute approximate surface area is 86.6 Å². The van der Waals surface area contributed by atoms with Crippen molar-refractivity contribution in [3.05, 3.63) is 0 Å². The topological polar surface area (TPSA) is 101 Å². The van der Waals surface area contributed by atoms with Gasteiger partial charge in [-0.2, -0.15) is 5.26 Å². The molecule has 0 aliphatic heterocycles. The minimum absolute atomic E-state index is 0.141. The average molecular weight is 213 g/mol. The fourth-order valence-electron chi connectivity index (χ4n) is 0.627. The van der Waals surface area contributed by atoms with Crippen LogP contribution in [0.4, 0.5) is 4.79 Å². The summed E-state index contributed by atoms with van der Waals surface area (Å²) in [5, 5.41) is 13.7. The van der Waals surface area contributed by atoms with Crippen molar-refractivity contribution < 1.29 is 19.2 Å².